The molecule has 3 nitrogen and oxygen atoms in total. The highest BCUT2D eigenvalue weighted by molar-refractivity contribution is 9.10. The van der Waals surface area contributed by atoms with Gasteiger partial charge in [0.1, 0.15) is 0 Å². The van der Waals surface area contributed by atoms with Crippen LogP contribution in [0.2, 0.25) is 5.02 Å². The summed E-state index contributed by atoms with van der Waals surface area (Å²) in [7, 11) is 3.13. The summed E-state index contributed by atoms with van der Waals surface area (Å²) in [6.07, 6.45) is 0.193. The molecular formula is C11H15BrClNO2. The van der Waals surface area contributed by atoms with Gasteiger partial charge >= 0.3 is 0 Å². The number of nitrogens with two attached hydrogens (primary N) is 1. The first-order valence-corrected chi connectivity index (χ1v) is 6.00. The summed E-state index contributed by atoms with van der Waals surface area (Å²) < 4.78 is 11.1. The van der Waals surface area contributed by atoms with Gasteiger partial charge in [0.05, 0.1) is 6.04 Å². The molecule has 5 heteroatoms. The van der Waals surface area contributed by atoms with Crippen molar-refractivity contribution in [1.29, 1.82) is 0 Å². The first-order valence-electron chi connectivity index (χ1n) is 4.83. The zero-order chi connectivity index (χ0) is 12.1. The Morgan fingerprint density at radius 2 is 2.00 bits per heavy atom. The summed E-state index contributed by atoms with van der Waals surface area (Å²) in [5, 5.41) is 0.691. The SMILES string of the molecule is COC(OC)C(N)Cc1ccc(Br)cc1Cl. The number of hydrogen-bond acceptors (Lipinski definition) is 3. The van der Waals surface area contributed by atoms with E-state index in [-0.39, 0.29) is 6.04 Å². The van der Waals surface area contributed by atoms with Gasteiger partial charge in [-0.25, -0.2) is 0 Å². The van der Waals surface area contributed by atoms with E-state index in [0.717, 1.165) is 10.0 Å². The molecule has 0 amide bonds. The first kappa shape index (κ1) is 13.9. The molecule has 0 bridgehead atoms. The number of benzene rings is 1. The van der Waals surface area contributed by atoms with Gasteiger partial charge < -0.3 is 15.2 Å². The minimum Gasteiger partial charge on any atom is -0.354 e. The summed E-state index contributed by atoms with van der Waals surface area (Å²) in [6, 6.07) is 5.48. The van der Waals surface area contributed by atoms with E-state index in [1.54, 1.807) is 14.2 Å². The second-order valence-corrected chi connectivity index (χ2v) is 4.77. The number of hydrogen-bond donors (Lipinski definition) is 1. The van der Waals surface area contributed by atoms with Crippen LogP contribution < -0.4 is 5.73 Å². The maximum Gasteiger partial charge on any atom is 0.172 e. The van der Waals surface area contributed by atoms with Crippen LogP contribution in [0, 0.1) is 0 Å². The van der Waals surface area contributed by atoms with Crippen molar-refractivity contribution in [2.75, 3.05) is 14.2 Å². The molecule has 0 radical (unpaired) electrons. The molecule has 90 valence electrons. The summed E-state index contributed by atoms with van der Waals surface area (Å²) in [5.41, 5.74) is 6.94. The molecule has 1 aromatic carbocycles. The zero-order valence-corrected chi connectivity index (χ0v) is 11.6. The summed E-state index contributed by atoms with van der Waals surface area (Å²) >= 11 is 9.45. The molecule has 0 saturated heterocycles. The van der Waals surface area contributed by atoms with Crippen molar-refractivity contribution in [2.45, 2.75) is 18.8 Å². The van der Waals surface area contributed by atoms with Crippen molar-refractivity contribution in [3.63, 3.8) is 0 Å². The van der Waals surface area contributed by atoms with Gasteiger partial charge in [0.25, 0.3) is 0 Å². The minimum atomic E-state index is -0.417. The standard InChI is InChI=1S/C11H15BrClNO2/c1-15-11(16-2)10(14)5-7-3-4-8(12)6-9(7)13/h3-4,6,10-11H,5,14H2,1-2H3. The second-order valence-electron chi connectivity index (χ2n) is 3.44. The molecule has 2 N–H and O–H groups in total. The molecule has 0 aliphatic rings. The van der Waals surface area contributed by atoms with E-state index in [1.807, 2.05) is 18.2 Å². The van der Waals surface area contributed by atoms with E-state index in [0.29, 0.717) is 11.4 Å². The predicted molar refractivity (Wildman–Crippen MR) is 68.6 cm³/mol. The smallest absolute Gasteiger partial charge is 0.172 e. The third kappa shape index (κ3) is 3.71. The average Bonchev–Trinajstić information content (AvgIpc) is 2.24. The van der Waals surface area contributed by atoms with Crippen LogP contribution in [-0.4, -0.2) is 26.6 Å². The van der Waals surface area contributed by atoms with E-state index >= 15 is 0 Å². The Bertz CT molecular complexity index is 345. The van der Waals surface area contributed by atoms with Crippen LogP contribution in [0.15, 0.2) is 22.7 Å². The fourth-order valence-corrected chi connectivity index (χ4v) is 2.23. The topological polar surface area (TPSA) is 44.5 Å². The maximum absolute atomic E-state index is 6.10. The van der Waals surface area contributed by atoms with Crippen molar-refractivity contribution in [3.05, 3.63) is 33.3 Å². The van der Waals surface area contributed by atoms with Crippen molar-refractivity contribution in [3.8, 4) is 0 Å². The highest BCUT2D eigenvalue weighted by Gasteiger charge is 2.17. The van der Waals surface area contributed by atoms with Crippen molar-refractivity contribution in [2.24, 2.45) is 5.73 Å². The summed E-state index contributed by atoms with van der Waals surface area (Å²) in [5.74, 6) is 0. The highest BCUT2D eigenvalue weighted by Crippen LogP contribution is 2.22. The molecule has 0 aliphatic carbocycles. The average molecular weight is 309 g/mol. The molecule has 0 fully saturated rings. The molecule has 0 spiro atoms. The Labute approximate surface area is 109 Å². The predicted octanol–water partition coefficient (Wildman–Crippen LogP) is 2.59. The lowest BCUT2D eigenvalue weighted by molar-refractivity contribution is -0.115. The monoisotopic (exact) mass is 307 g/mol. The normalized spacial score (nSPS) is 13.1. The Hall–Kier alpha value is -0.130. The molecule has 0 aromatic heterocycles. The van der Waals surface area contributed by atoms with Crippen LogP contribution >= 0.6 is 27.5 Å². The molecule has 1 aromatic rings. The van der Waals surface area contributed by atoms with Gasteiger partial charge in [0.2, 0.25) is 0 Å². The van der Waals surface area contributed by atoms with E-state index < -0.39 is 6.29 Å². The fourth-order valence-electron chi connectivity index (χ4n) is 1.48. The lowest BCUT2D eigenvalue weighted by Gasteiger charge is -2.21. The summed E-state index contributed by atoms with van der Waals surface area (Å²) in [6.45, 7) is 0. The zero-order valence-electron chi connectivity index (χ0n) is 9.24. The Balaban J connectivity index is 2.72. The maximum atomic E-state index is 6.10. The van der Waals surface area contributed by atoms with Crippen LogP contribution in [0.5, 0.6) is 0 Å². The van der Waals surface area contributed by atoms with Gasteiger partial charge in [-0.1, -0.05) is 33.6 Å². The minimum absolute atomic E-state index is 0.242. The Morgan fingerprint density at radius 1 is 1.38 bits per heavy atom. The largest absolute Gasteiger partial charge is 0.354 e. The third-order valence-corrected chi connectivity index (χ3v) is 3.13. The molecule has 1 rings (SSSR count). The fraction of sp³-hybridized carbons (Fsp3) is 0.455. The first-order chi connectivity index (χ1) is 7.58. The second kappa shape index (κ2) is 6.57. The van der Waals surface area contributed by atoms with Gasteiger partial charge in [-0.05, 0) is 24.1 Å². The van der Waals surface area contributed by atoms with E-state index in [1.165, 1.54) is 0 Å². The molecule has 0 aliphatic heterocycles. The Morgan fingerprint density at radius 3 is 2.50 bits per heavy atom. The van der Waals surface area contributed by atoms with Crippen LogP contribution in [0.1, 0.15) is 5.56 Å². The number of methoxy groups -OCH3 is 2. The van der Waals surface area contributed by atoms with Crippen LogP contribution in [0.4, 0.5) is 0 Å². The number of halogens is 2. The van der Waals surface area contributed by atoms with Gasteiger partial charge in [0, 0.05) is 23.7 Å². The quantitative estimate of drug-likeness (QED) is 0.850. The molecule has 1 atom stereocenters. The lowest BCUT2D eigenvalue weighted by Crippen LogP contribution is -2.39. The van der Waals surface area contributed by atoms with Crippen LogP contribution in [-0.2, 0) is 15.9 Å². The van der Waals surface area contributed by atoms with E-state index in [4.69, 9.17) is 26.8 Å². The van der Waals surface area contributed by atoms with Gasteiger partial charge in [-0.3, -0.25) is 0 Å². The lowest BCUT2D eigenvalue weighted by atomic mass is 10.1. The molecule has 0 saturated carbocycles. The van der Waals surface area contributed by atoms with E-state index in [2.05, 4.69) is 15.9 Å². The van der Waals surface area contributed by atoms with E-state index in [9.17, 15) is 0 Å². The number of ether oxygens (including phenoxy) is 2. The Kier molecular flexibility index (Phi) is 5.72. The third-order valence-electron chi connectivity index (χ3n) is 2.28. The highest BCUT2D eigenvalue weighted by atomic mass is 79.9. The molecular weight excluding hydrogens is 293 g/mol. The number of rotatable bonds is 5. The van der Waals surface area contributed by atoms with Crippen molar-refractivity contribution < 1.29 is 9.47 Å². The van der Waals surface area contributed by atoms with Gasteiger partial charge in [-0.2, -0.15) is 0 Å². The van der Waals surface area contributed by atoms with Gasteiger partial charge in [-0.15, -0.1) is 0 Å². The van der Waals surface area contributed by atoms with Crippen molar-refractivity contribution in [1.82, 2.24) is 0 Å². The molecule has 16 heavy (non-hydrogen) atoms. The molecule has 0 heterocycles. The molecule has 1 unspecified atom stereocenters. The van der Waals surface area contributed by atoms with Crippen LogP contribution in [0.3, 0.4) is 0 Å². The summed E-state index contributed by atoms with van der Waals surface area (Å²) in [4.78, 5) is 0. The van der Waals surface area contributed by atoms with Crippen LogP contribution in [0.25, 0.3) is 0 Å². The van der Waals surface area contributed by atoms with Gasteiger partial charge in [0.15, 0.2) is 6.29 Å². The van der Waals surface area contributed by atoms with Crippen molar-refractivity contribution >= 4 is 27.5 Å².